The van der Waals surface area contributed by atoms with Gasteiger partial charge in [0, 0.05) is 18.9 Å². The topological polar surface area (TPSA) is 81.7 Å². The molecular weight excluding hydrogens is 318 g/mol. The van der Waals surface area contributed by atoms with Crippen LogP contribution in [0.15, 0.2) is 49.1 Å². The third-order valence-electron chi connectivity index (χ3n) is 4.56. The summed E-state index contributed by atoms with van der Waals surface area (Å²) >= 11 is 0. The predicted octanol–water partition coefficient (Wildman–Crippen LogP) is 1.09. The molecule has 3 heterocycles. The van der Waals surface area contributed by atoms with Crippen LogP contribution >= 0.6 is 0 Å². The normalized spacial score (nSPS) is 17.1. The summed E-state index contributed by atoms with van der Waals surface area (Å²) in [6.45, 7) is 1.59. The summed E-state index contributed by atoms with van der Waals surface area (Å²) in [5.74, 6) is 0.171. The highest BCUT2D eigenvalue weighted by Crippen LogP contribution is 2.20. The molecule has 1 saturated heterocycles. The molecule has 1 aromatic carbocycles. The third kappa shape index (κ3) is 3.42. The summed E-state index contributed by atoms with van der Waals surface area (Å²) in [6.07, 6.45) is 7.75. The summed E-state index contributed by atoms with van der Waals surface area (Å²) in [5, 5.41) is 15.4. The van der Waals surface area contributed by atoms with Crippen molar-refractivity contribution < 1.29 is 4.79 Å². The molecule has 0 N–H and O–H groups in total. The van der Waals surface area contributed by atoms with Crippen LogP contribution in [0.1, 0.15) is 18.4 Å². The van der Waals surface area contributed by atoms with E-state index in [4.69, 9.17) is 0 Å². The van der Waals surface area contributed by atoms with Gasteiger partial charge in [-0.2, -0.15) is 5.10 Å². The minimum Gasteiger partial charge on any atom is -0.338 e. The summed E-state index contributed by atoms with van der Waals surface area (Å²) in [5.41, 5.74) is 1.87. The second-order valence-electron chi connectivity index (χ2n) is 6.21. The Morgan fingerprint density at radius 3 is 2.84 bits per heavy atom. The van der Waals surface area contributed by atoms with Crippen molar-refractivity contribution in [3.8, 4) is 5.69 Å². The molecule has 1 aliphatic rings. The van der Waals surface area contributed by atoms with Crippen molar-refractivity contribution in [2.75, 3.05) is 6.54 Å². The maximum absolute atomic E-state index is 12.7. The number of amides is 1. The minimum absolute atomic E-state index is 0.171. The fourth-order valence-electron chi connectivity index (χ4n) is 3.30. The number of benzene rings is 1. The first kappa shape index (κ1) is 15.5. The van der Waals surface area contributed by atoms with Crippen molar-refractivity contribution in [1.82, 2.24) is 34.9 Å². The van der Waals surface area contributed by atoms with E-state index in [0.29, 0.717) is 6.42 Å². The summed E-state index contributed by atoms with van der Waals surface area (Å²) in [4.78, 5) is 14.7. The molecule has 1 fully saturated rings. The highest BCUT2D eigenvalue weighted by Gasteiger charge is 2.28. The van der Waals surface area contributed by atoms with Crippen LogP contribution in [0.4, 0.5) is 0 Å². The Hall–Kier alpha value is -3.03. The molecule has 0 unspecified atom stereocenters. The molecule has 0 radical (unpaired) electrons. The van der Waals surface area contributed by atoms with Crippen molar-refractivity contribution in [1.29, 1.82) is 0 Å². The largest absolute Gasteiger partial charge is 0.338 e. The molecule has 25 heavy (non-hydrogen) atoms. The zero-order valence-electron chi connectivity index (χ0n) is 13.8. The van der Waals surface area contributed by atoms with Crippen LogP contribution in [0.3, 0.4) is 0 Å². The highest BCUT2D eigenvalue weighted by atomic mass is 16.2. The van der Waals surface area contributed by atoms with E-state index < -0.39 is 0 Å². The second-order valence-corrected chi connectivity index (χ2v) is 6.21. The average molecular weight is 337 g/mol. The molecule has 3 aromatic rings. The minimum atomic E-state index is 0.171. The monoisotopic (exact) mass is 337 g/mol. The predicted molar refractivity (Wildman–Crippen MR) is 89.8 cm³/mol. The molecule has 0 aliphatic carbocycles. The van der Waals surface area contributed by atoms with Gasteiger partial charge in [-0.3, -0.25) is 9.48 Å². The zero-order chi connectivity index (χ0) is 17.1. The molecule has 2 aromatic heterocycles. The number of nitrogens with zero attached hydrogens (tertiary/aromatic N) is 7. The van der Waals surface area contributed by atoms with Gasteiger partial charge in [0.15, 0.2) is 0 Å². The molecule has 0 bridgehead atoms. The van der Waals surface area contributed by atoms with Gasteiger partial charge in [-0.05, 0) is 47.0 Å². The molecule has 8 nitrogen and oxygen atoms in total. The van der Waals surface area contributed by atoms with Crippen LogP contribution in [-0.4, -0.2) is 53.4 Å². The van der Waals surface area contributed by atoms with Gasteiger partial charge in [-0.1, -0.05) is 12.1 Å². The summed E-state index contributed by atoms with van der Waals surface area (Å²) in [6, 6.07) is 9.88. The lowest BCUT2D eigenvalue weighted by molar-refractivity contribution is -0.131. The maximum atomic E-state index is 12.7. The summed E-state index contributed by atoms with van der Waals surface area (Å²) in [7, 11) is 0. The van der Waals surface area contributed by atoms with Gasteiger partial charge >= 0.3 is 0 Å². The van der Waals surface area contributed by atoms with Gasteiger partial charge in [0.25, 0.3) is 0 Å². The fourth-order valence-corrected chi connectivity index (χ4v) is 3.30. The van der Waals surface area contributed by atoms with Crippen molar-refractivity contribution in [3.05, 3.63) is 54.6 Å². The number of aromatic nitrogens is 6. The highest BCUT2D eigenvalue weighted by molar-refractivity contribution is 5.79. The van der Waals surface area contributed by atoms with E-state index >= 15 is 0 Å². The molecule has 1 atom stereocenters. The molecular formula is C17H19N7O. The Kier molecular flexibility index (Phi) is 4.24. The van der Waals surface area contributed by atoms with E-state index in [-0.39, 0.29) is 11.9 Å². The Bertz CT molecular complexity index is 811. The summed E-state index contributed by atoms with van der Waals surface area (Å²) < 4.78 is 3.49. The van der Waals surface area contributed by atoms with Crippen LogP contribution < -0.4 is 0 Å². The number of rotatable bonds is 5. The molecule has 0 saturated carbocycles. The molecule has 0 spiro atoms. The van der Waals surface area contributed by atoms with E-state index in [0.717, 1.165) is 37.2 Å². The third-order valence-corrected chi connectivity index (χ3v) is 4.56. The van der Waals surface area contributed by atoms with Crippen molar-refractivity contribution in [2.45, 2.75) is 31.8 Å². The van der Waals surface area contributed by atoms with Crippen LogP contribution in [0.25, 0.3) is 5.69 Å². The first-order valence-electron chi connectivity index (χ1n) is 8.39. The van der Waals surface area contributed by atoms with Crippen LogP contribution in [0.2, 0.25) is 0 Å². The van der Waals surface area contributed by atoms with E-state index in [1.54, 1.807) is 17.2 Å². The smallest absolute Gasteiger partial charge is 0.227 e. The molecule has 4 rings (SSSR count). The number of tetrazole rings is 1. The van der Waals surface area contributed by atoms with Gasteiger partial charge in [0.05, 0.1) is 24.7 Å². The molecule has 128 valence electrons. The first-order chi connectivity index (χ1) is 12.3. The lowest BCUT2D eigenvalue weighted by Crippen LogP contribution is -2.39. The number of carbonyl (C=O) groups excluding carboxylic acids is 1. The quantitative estimate of drug-likeness (QED) is 0.696. The Balaban J connectivity index is 1.40. The van der Waals surface area contributed by atoms with Crippen molar-refractivity contribution >= 4 is 5.91 Å². The maximum Gasteiger partial charge on any atom is 0.227 e. The lowest BCUT2D eigenvalue weighted by Gasteiger charge is -2.25. The fraction of sp³-hybridized carbons (Fsp3) is 0.353. The van der Waals surface area contributed by atoms with Crippen molar-refractivity contribution in [3.63, 3.8) is 0 Å². The number of carbonyl (C=O) groups is 1. The first-order valence-corrected chi connectivity index (χ1v) is 8.39. The standard InChI is InChI=1S/C17H19N7O/c25-17(23-10-1-3-16(23)12-22-9-2-8-19-22)11-14-4-6-15(7-5-14)24-13-18-20-21-24/h2,4-9,13,16H,1,3,10-12H2/t16-/m1/s1. The Morgan fingerprint density at radius 2 is 2.12 bits per heavy atom. The van der Waals surface area contributed by atoms with Gasteiger partial charge < -0.3 is 4.90 Å². The number of likely N-dealkylation sites (tertiary alicyclic amines) is 1. The zero-order valence-corrected chi connectivity index (χ0v) is 13.8. The van der Waals surface area contributed by atoms with Gasteiger partial charge in [-0.25, -0.2) is 4.68 Å². The number of hydrogen-bond acceptors (Lipinski definition) is 5. The van der Waals surface area contributed by atoms with E-state index in [1.165, 1.54) is 0 Å². The van der Waals surface area contributed by atoms with E-state index in [2.05, 4.69) is 20.6 Å². The van der Waals surface area contributed by atoms with E-state index in [9.17, 15) is 4.79 Å². The van der Waals surface area contributed by atoms with Gasteiger partial charge in [0.2, 0.25) is 5.91 Å². The Labute approximate surface area is 145 Å². The van der Waals surface area contributed by atoms with Crippen LogP contribution in [-0.2, 0) is 17.8 Å². The Morgan fingerprint density at radius 1 is 1.24 bits per heavy atom. The van der Waals surface area contributed by atoms with Gasteiger partial charge in [-0.15, -0.1) is 5.10 Å². The average Bonchev–Trinajstić information content (AvgIpc) is 3.39. The molecule has 8 heteroatoms. The SMILES string of the molecule is O=C(Cc1ccc(-n2cnnn2)cc1)N1CCC[C@@H]1Cn1cccn1. The van der Waals surface area contributed by atoms with E-state index in [1.807, 2.05) is 46.1 Å². The van der Waals surface area contributed by atoms with Crippen molar-refractivity contribution in [2.24, 2.45) is 0 Å². The second kappa shape index (κ2) is 6.84. The lowest BCUT2D eigenvalue weighted by atomic mass is 10.1. The number of hydrogen-bond donors (Lipinski definition) is 0. The van der Waals surface area contributed by atoms with Crippen LogP contribution in [0.5, 0.6) is 0 Å². The van der Waals surface area contributed by atoms with Gasteiger partial charge in [0.1, 0.15) is 6.33 Å². The molecule has 1 aliphatic heterocycles. The van der Waals surface area contributed by atoms with Crippen LogP contribution in [0, 0.1) is 0 Å². The molecule has 1 amide bonds.